The number of aliphatic imine (C=N–C) groups is 1. The molecule has 0 radical (unpaired) electrons. The van der Waals surface area contributed by atoms with E-state index >= 15 is 0 Å². The molecular weight excluding hydrogens is 646 g/mol. The van der Waals surface area contributed by atoms with E-state index < -0.39 is 18.2 Å². The average Bonchev–Trinajstić information content (AvgIpc) is 3.41. The van der Waals surface area contributed by atoms with Crippen LogP contribution < -0.4 is 20.9 Å². The quantitative estimate of drug-likeness (QED) is 0.0851. The van der Waals surface area contributed by atoms with Gasteiger partial charge in [0.15, 0.2) is 0 Å². The number of cyclic esters (lactones) is 1. The van der Waals surface area contributed by atoms with Crippen molar-refractivity contribution in [1.29, 1.82) is 0 Å². The van der Waals surface area contributed by atoms with Crippen molar-refractivity contribution in [1.82, 2.24) is 9.88 Å². The van der Waals surface area contributed by atoms with Gasteiger partial charge in [-0.15, -0.1) is 0 Å². The SMILES string of the molecule is CC(=O)O.CCN(C)CCC(C)C.CCOC(C)(C)C[C@@H](C)N(c1cccc(N2C(=O)OCC2C)n1)C(N)/C(=C\N=CNc1ccccc1)CC. The Morgan fingerprint density at radius 1 is 1.18 bits per heavy atom. The minimum atomic E-state index is -0.833. The number of aromatic nitrogens is 1. The van der Waals surface area contributed by atoms with Crippen molar-refractivity contribution in [3.8, 4) is 0 Å². The van der Waals surface area contributed by atoms with Gasteiger partial charge in [-0.05, 0) is 110 Å². The van der Waals surface area contributed by atoms with Crippen molar-refractivity contribution >= 4 is 35.7 Å². The van der Waals surface area contributed by atoms with Crippen LogP contribution in [-0.4, -0.2) is 90.6 Å². The summed E-state index contributed by atoms with van der Waals surface area (Å²) in [6.45, 7) is 23.5. The molecule has 2 unspecified atom stereocenters. The van der Waals surface area contributed by atoms with E-state index in [9.17, 15) is 4.79 Å². The molecule has 0 spiro atoms. The van der Waals surface area contributed by atoms with Crippen LogP contribution in [0.2, 0.25) is 0 Å². The monoisotopic (exact) mass is 712 g/mol. The van der Waals surface area contributed by atoms with Crippen LogP contribution in [0.25, 0.3) is 0 Å². The van der Waals surface area contributed by atoms with Crippen molar-refractivity contribution < 1.29 is 24.2 Å². The van der Waals surface area contributed by atoms with Gasteiger partial charge in [0, 0.05) is 31.5 Å². The summed E-state index contributed by atoms with van der Waals surface area (Å²) < 4.78 is 11.2. The van der Waals surface area contributed by atoms with Crippen molar-refractivity contribution in [2.75, 3.05) is 48.5 Å². The number of nitrogens with zero attached hydrogens (tertiary/aromatic N) is 5. The lowest BCUT2D eigenvalue weighted by molar-refractivity contribution is -0.134. The molecule has 2 heterocycles. The van der Waals surface area contributed by atoms with Crippen LogP contribution in [0.5, 0.6) is 0 Å². The summed E-state index contributed by atoms with van der Waals surface area (Å²) in [5.41, 5.74) is 8.47. The number of pyridine rings is 1. The lowest BCUT2D eigenvalue weighted by Gasteiger charge is -2.40. The smallest absolute Gasteiger partial charge is 0.415 e. The Morgan fingerprint density at radius 3 is 2.35 bits per heavy atom. The molecule has 286 valence electrons. The standard InChI is InChI=1S/C29H42N6O3.C8H19N.C2H4O2/c1-7-23(18-31-20-32-24-13-10-9-11-14-24)27(30)34(21(3)17-29(5,6)38-8-2)25-15-12-16-26(33-25)35-22(4)19-37-28(35)36;1-5-9(4)7-6-8(2)3;1-2(3)4/h9-16,18,20-22,27H,7-8,17,19,30H2,1-6H3,(H,31,32);8H,5-7H2,1-4H3;1H3,(H,3,4)/b23-18-;;/t21-,22?,27?;;/m1../s1. The van der Waals surface area contributed by atoms with E-state index in [-0.39, 0.29) is 17.7 Å². The molecule has 12 heteroatoms. The Balaban J connectivity index is 0.000000849. The highest BCUT2D eigenvalue weighted by Crippen LogP contribution is 2.30. The number of anilines is 3. The molecule has 3 rings (SSSR count). The first-order valence-corrected chi connectivity index (χ1v) is 18.1. The largest absolute Gasteiger partial charge is 0.481 e. The Hall–Kier alpha value is -4.00. The maximum absolute atomic E-state index is 12.4. The van der Waals surface area contributed by atoms with Crippen LogP contribution in [0.1, 0.15) is 88.5 Å². The molecule has 4 N–H and O–H groups in total. The first-order valence-electron chi connectivity index (χ1n) is 18.1. The fraction of sp³-hybridized carbons (Fsp3) is 0.590. The Bertz CT molecular complexity index is 1350. The molecule has 12 nitrogen and oxygen atoms in total. The number of aliphatic carboxylic acids is 1. The van der Waals surface area contributed by atoms with E-state index in [2.05, 4.69) is 75.6 Å². The van der Waals surface area contributed by atoms with Gasteiger partial charge in [0.2, 0.25) is 0 Å². The van der Waals surface area contributed by atoms with Crippen molar-refractivity contribution in [3.63, 3.8) is 0 Å². The molecule has 0 bridgehead atoms. The molecule has 2 aromatic rings. The predicted molar refractivity (Wildman–Crippen MR) is 211 cm³/mol. The lowest BCUT2D eigenvalue weighted by atomic mass is 9.97. The summed E-state index contributed by atoms with van der Waals surface area (Å²) in [4.78, 5) is 36.8. The molecule has 3 atom stereocenters. The van der Waals surface area contributed by atoms with Crippen molar-refractivity contribution in [3.05, 3.63) is 60.3 Å². The van der Waals surface area contributed by atoms with Gasteiger partial charge in [-0.25, -0.2) is 14.8 Å². The summed E-state index contributed by atoms with van der Waals surface area (Å²) in [6, 6.07) is 15.4. The molecule has 1 aliphatic heterocycles. The van der Waals surface area contributed by atoms with Crippen LogP contribution in [0, 0.1) is 5.92 Å². The Kier molecular flexibility index (Phi) is 20.7. The van der Waals surface area contributed by atoms with Gasteiger partial charge in [0.1, 0.15) is 24.4 Å². The molecule has 1 aliphatic rings. The van der Waals surface area contributed by atoms with Crippen LogP contribution >= 0.6 is 0 Å². The molecule has 51 heavy (non-hydrogen) atoms. The average molecular weight is 712 g/mol. The molecule has 0 saturated carbocycles. The van der Waals surface area contributed by atoms with E-state index in [0.717, 1.165) is 30.5 Å². The number of hydrogen-bond acceptors (Lipinski definition) is 9. The number of para-hydroxylation sites is 1. The number of ether oxygens (including phenoxy) is 2. The summed E-state index contributed by atoms with van der Waals surface area (Å²) in [5.74, 6) is 1.23. The second kappa shape index (κ2) is 23.5. The number of rotatable bonds is 17. The van der Waals surface area contributed by atoms with Crippen molar-refractivity contribution in [2.24, 2.45) is 16.6 Å². The number of amides is 1. The fourth-order valence-electron chi connectivity index (χ4n) is 5.40. The number of carbonyl (C=O) groups is 2. The normalized spacial score (nSPS) is 15.9. The van der Waals surface area contributed by atoms with E-state index in [1.165, 1.54) is 19.5 Å². The molecule has 1 amide bonds. The first kappa shape index (κ1) is 45.0. The number of nitrogens with one attached hydrogen (secondary N) is 1. The summed E-state index contributed by atoms with van der Waals surface area (Å²) >= 11 is 0. The Morgan fingerprint density at radius 2 is 1.82 bits per heavy atom. The molecule has 1 aromatic heterocycles. The van der Waals surface area contributed by atoms with Gasteiger partial charge in [0.05, 0.1) is 18.0 Å². The third-order valence-corrected chi connectivity index (χ3v) is 8.15. The number of carboxylic acid groups (broad SMARTS) is 1. The second-order valence-corrected chi connectivity index (χ2v) is 13.7. The maximum Gasteiger partial charge on any atom is 0.415 e. The molecule has 0 aliphatic carbocycles. The van der Waals surface area contributed by atoms with Gasteiger partial charge in [-0.2, -0.15) is 0 Å². The number of carboxylic acids is 1. The van der Waals surface area contributed by atoms with E-state index in [4.69, 9.17) is 30.1 Å². The van der Waals surface area contributed by atoms with Crippen molar-refractivity contribution in [2.45, 2.75) is 112 Å². The fourth-order valence-corrected chi connectivity index (χ4v) is 5.40. The zero-order chi connectivity index (χ0) is 38.6. The van der Waals surface area contributed by atoms with Gasteiger partial charge in [0.25, 0.3) is 5.97 Å². The minimum Gasteiger partial charge on any atom is -0.481 e. The van der Waals surface area contributed by atoms with Crippen LogP contribution in [-0.2, 0) is 14.3 Å². The van der Waals surface area contributed by atoms with Crippen LogP contribution in [0.4, 0.5) is 22.1 Å². The highest BCUT2D eigenvalue weighted by atomic mass is 16.6. The minimum absolute atomic E-state index is 0.0290. The zero-order valence-electron chi connectivity index (χ0n) is 32.9. The third-order valence-electron chi connectivity index (χ3n) is 8.15. The highest BCUT2D eigenvalue weighted by Gasteiger charge is 2.34. The summed E-state index contributed by atoms with van der Waals surface area (Å²) in [7, 11) is 2.17. The molecule has 1 saturated heterocycles. The molecular formula is C39H65N7O5. The second-order valence-electron chi connectivity index (χ2n) is 13.7. The van der Waals surface area contributed by atoms with Gasteiger partial charge >= 0.3 is 6.09 Å². The zero-order valence-corrected chi connectivity index (χ0v) is 32.9. The van der Waals surface area contributed by atoms with Crippen LogP contribution in [0.15, 0.2) is 65.3 Å². The number of carbonyl (C=O) groups excluding carboxylic acids is 1. The van der Waals surface area contributed by atoms with Gasteiger partial charge < -0.3 is 35.4 Å². The maximum atomic E-state index is 12.4. The summed E-state index contributed by atoms with van der Waals surface area (Å²) in [5, 5.41) is 10.6. The molecule has 1 fully saturated rings. The van der Waals surface area contributed by atoms with E-state index in [1.807, 2.05) is 62.4 Å². The van der Waals surface area contributed by atoms with Crippen LogP contribution in [0.3, 0.4) is 0 Å². The third kappa shape index (κ3) is 17.2. The van der Waals surface area contributed by atoms with Gasteiger partial charge in [-0.3, -0.25) is 9.69 Å². The topological polar surface area (TPSA) is 146 Å². The van der Waals surface area contributed by atoms with Gasteiger partial charge in [-0.1, -0.05) is 52.0 Å². The first-order chi connectivity index (χ1) is 24.1. The lowest BCUT2D eigenvalue weighted by Crippen LogP contribution is -2.51. The highest BCUT2D eigenvalue weighted by molar-refractivity contribution is 5.89. The summed E-state index contributed by atoms with van der Waals surface area (Å²) in [6.07, 6.45) is 5.32. The number of nitrogens with two attached hydrogens (primary N) is 1. The molecule has 1 aromatic carbocycles. The Labute approximate surface area is 307 Å². The van der Waals surface area contributed by atoms with E-state index in [1.54, 1.807) is 17.4 Å². The predicted octanol–water partition coefficient (Wildman–Crippen LogP) is 7.62. The number of benzene rings is 1. The van der Waals surface area contributed by atoms with E-state index in [0.29, 0.717) is 31.3 Å². The number of hydrogen-bond donors (Lipinski definition) is 3.